The summed E-state index contributed by atoms with van der Waals surface area (Å²) in [5.74, 6) is 0. The molecule has 4 nitrogen and oxygen atoms in total. The summed E-state index contributed by atoms with van der Waals surface area (Å²) >= 11 is 0. The van der Waals surface area contributed by atoms with E-state index in [-0.39, 0.29) is 6.03 Å². The number of carbonyl (C=O) groups is 1. The summed E-state index contributed by atoms with van der Waals surface area (Å²) in [6.45, 7) is 4.73. The summed E-state index contributed by atoms with van der Waals surface area (Å²) in [7, 11) is 0. The molecule has 0 saturated carbocycles. The first-order chi connectivity index (χ1) is 7.25. The highest BCUT2D eigenvalue weighted by molar-refractivity contribution is 5.72. The summed E-state index contributed by atoms with van der Waals surface area (Å²) < 4.78 is 0. The van der Waals surface area contributed by atoms with E-state index < -0.39 is 0 Å². The van der Waals surface area contributed by atoms with Crippen LogP contribution in [0.3, 0.4) is 0 Å². The van der Waals surface area contributed by atoms with E-state index in [1.807, 2.05) is 4.90 Å². The topological polar surface area (TPSA) is 58.4 Å². The van der Waals surface area contributed by atoms with Gasteiger partial charge in [0, 0.05) is 25.7 Å². The van der Waals surface area contributed by atoms with Crippen LogP contribution in [0.1, 0.15) is 39.0 Å². The highest BCUT2D eigenvalue weighted by Gasteiger charge is 2.23. The first kappa shape index (κ1) is 12.3. The van der Waals surface area contributed by atoms with Crippen molar-refractivity contribution in [1.82, 2.24) is 10.2 Å². The lowest BCUT2D eigenvalue weighted by Gasteiger charge is -2.35. The third-order valence-corrected chi connectivity index (χ3v) is 3.02. The van der Waals surface area contributed by atoms with Gasteiger partial charge in [0.1, 0.15) is 0 Å². The maximum absolute atomic E-state index is 11.2. The van der Waals surface area contributed by atoms with E-state index in [2.05, 4.69) is 12.2 Å². The molecule has 0 spiro atoms. The number of urea groups is 1. The molecule has 1 saturated heterocycles. The van der Waals surface area contributed by atoms with Crippen molar-refractivity contribution in [3.8, 4) is 0 Å². The number of nitrogens with one attached hydrogen (secondary N) is 1. The zero-order chi connectivity index (χ0) is 11.1. The fourth-order valence-corrected chi connectivity index (χ4v) is 2.12. The first-order valence-corrected chi connectivity index (χ1v) is 6.02. The van der Waals surface area contributed by atoms with Crippen molar-refractivity contribution >= 4 is 6.03 Å². The number of nitrogens with zero attached hydrogens (tertiary/aromatic N) is 1. The number of hydrogen-bond acceptors (Lipinski definition) is 2. The van der Waals surface area contributed by atoms with Crippen LogP contribution in [-0.4, -0.2) is 36.6 Å². The second-order valence-electron chi connectivity index (χ2n) is 4.24. The number of amides is 2. The van der Waals surface area contributed by atoms with Crippen LogP contribution in [0, 0.1) is 0 Å². The summed E-state index contributed by atoms with van der Waals surface area (Å²) in [6.07, 6.45) is 6.08. The van der Waals surface area contributed by atoms with Crippen LogP contribution in [0.15, 0.2) is 0 Å². The zero-order valence-electron chi connectivity index (χ0n) is 9.67. The number of unbranched alkanes of at least 4 members (excludes halogenated alkanes) is 3. The van der Waals surface area contributed by atoms with Crippen LogP contribution in [0.5, 0.6) is 0 Å². The van der Waals surface area contributed by atoms with Crippen LogP contribution in [0.4, 0.5) is 4.79 Å². The van der Waals surface area contributed by atoms with Gasteiger partial charge >= 0.3 is 6.03 Å². The number of nitrogens with two attached hydrogens (primary N) is 1. The van der Waals surface area contributed by atoms with Gasteiger partial charge in [-0.25, -0.2) is 4.79 Å². The van der Waals surface area contributed by atoms with Crippen LogP contribution in [0.25, 0.3) is 0 Å². The minimum atomic E-state index is -0.267. The third kappa shape index (κ3) is 4.08. The molecule has 15 heavy (non-hydrogen) atoms. The zero-order valence-corrected chi connectivity index (χ0v) is 9.67. The Morgan fingerprint density at radius 1 is 1.47 bits per heavy atom. The molecule has 1 aliphatic rings. The molecule has 88 valence electrons. The van der Waals surface area contributed by atoms with Crippen molar-refractivity contribution in [3.05, 3.63) is 0 Å². The smallest absolute Gasteiger partial charge is 0.315 e. The Bertz CT molecular complexity index is 196. The highest BCUT2D eigenvalue weighted by atomic mass is 16.2. The number of primary amides is 1. The minimum absolute atomic E-state index is 0.267. The molecule has 1 atom stereocenters. The molecule has 1 heterocycles. The molecule has 2 amide bonds. The molecule has 0 aromatic rings. The molecule has 1 rings (SSSR count). The average molecular weight is 213 g/mol. The molecule has 1 fully saturated rings. The standard InChI is InChI=1S/C11H23N3O/c1-2-3-4-5-6-10-9-13-7-8-14(10)11(12)15/h10,13H,2-9H2,1H3,(H2,12,15). The van der Waals surface area contributed by atoms with Gasteiger partial charge in [0.25, 0.3) is 0 Å². The molecule has 0 radical (unpaired) electrons. The second kappa shape index (κ2) is 6.67. The molecule has 4 heteroatoms. The van der Waals surface area contributed by atoms with E-state index in [0.717, 1.165) is 26.1 Å². The predicted octanol–water partition coefficient (Wildman–Crippen LogP) is 1.31. The molecule has 1 aliphatic heterocycles. The lowest BCUT2D eigenvalue weighted by molar-refractivity contribution is 0.160. The van der Waals surface area contributed by atoms with Gasteiger partial charge in [0.05, 0.1) is 0 Å². The van der Waals surface area contributed by atoms with Gasteiger partial charge in [0.15, 0.2) is 0 Å². The van der Waals surface area contributed by atoms with Crippen molar-refractivity contribution in [1.29, 1.82) is 0 Å². The van der Waals surface area contributed by atoms with Crippen LogP contribution >= 0.6 is 0 Å². The summed E-state index contributed by atoms with van der Waals surface area (Å²) in [6, 6.07) is 0.0464. The van der Waals surface area contributed by atoms with E-state index in [1.165, 1.54) is 25.7 Å². The van der Waals surface area contributed by atoms with Crippen molar-refractivity contribution in [3.63, 3.8) is 0 Å². The minimum Gasteiger partial charge on any atom is -0.351 e. The van der Waals surface area contributed by atoms with Gasteiger partial charge < -0.3 is 16.0 Å². The monoisotopic (exact) mass is 213 g/mol. The van der Waals surface area contributed by atoms with Crippen LogP contribution < -0.4 is 11.1 Å². The Labute approximate surface area is 92.2 Å². The van der Waals surface area contributed by atoms with Crippen molar-refractivity contribution < 1.29 is 4.79 Å². The van der Waals surface area contributed by atoms with Gasteiger partial charge in [-0.2, -0.15) is 0 Å². The van der Waals surface area contributed by atoms with Gasteiger partial charge in [-0.1, -0.05) is 32.6 Å². The third-order valence-electron chi connectivity index (χ3n) is 3.02. The van der Waals surface area contributed by atoms with Crippen LogP contribution in [-0.2, 0) is 0 Å². The number of hydrogen-bond donors (Lipinski definition) is 2. The Morgan fingerprint density at radius 2 is 2.27 bits per heavy atom. The lowest BCUT2D eigenvalue weighted by Crippen LogP contribution is -2.55. The summed E-state index contributed by atoms with van der Waals surface area (Å²) in [5.41, 5.74) is 5.35. The van der Waals surface area contributed by atoms with Crippen molar-refractivity contribution in [2.75, 3.05) is 19.6 Å². The van der Waals surface area contributed by atoms with Crippen molar-refractivity contribution in [2.45, 2.75) is 45.1 Å². The molecule has 1 unspecified atom stereocenters. The van der Waals surface area contributed by atoms with E-state index in [9.17, 15) is 4.79 Å². The van der Waals surface area contributed by atoms with E-state index >= 15 is 0 Å². The molecule has 0 bridgehead atoms. The summed E-state index contributed by atoms with van der Waals surface area (Å²) in [5, 5.41) is 3.31. The SMILES string of the molecule is CCCCCCC1CNCCN1C(N)=O. The van der Waals surface area contributed by atoms with Gasteiger partial charge in [0.2, 0.25) is 0 Å². The molecule has 3 N–H and O–H groups in total. The molecule has 0 aromatic carbocycles. The normalized spacial score (nSPS) is 21.7. The van der Waals surface area contributed by atoms with Crippen molar-refractivity contribution in [2.24, 2.45) is 5.73 Å². The van der Waals surface area contributed by atoms with E-state index in [1.54, 1.807) is 0 Å². The molecular weight excluding hydrogens is 190 g/mol. The Balaban J connectivity index is 2.26. The molecule has 0 aromatic heterocycles. The number of piperazine rings is 1. The second-order valence-corrected chi connectivity index (χ2v) is 4.24. The highest BCUT2D eigenvalue weighted by Crippen LogP contribution is 2.12. The largest absolute Gasteiger partial charge is 0.351 e. The van der Waals surface area contributed by atoms with Gasteiger partial charge in [-0.3, -0.25) is 0 Å². The van der Waals surface area contributed by atoms with E-state index in [4.69, 9.17) is 5.73 Å². The quantitative estimate of drug-likeness (QED) is 0.676. The maximum atomic E-state index is 11.2. The summed E-state index contributed by atoms with van der Waals surface area (Å²) in [4.78, 5) is 13.0. The number of carbonyl (C=O) groups excluding carboxylic acids is 1. The fourth-order valence-electron chi connectivity index (χ4n) is 2.12. The van der Waals surface area contributed by atoms with Crippen LogP contribution in [0.2, 0.25) is 0 Å². The number of rotatable bonds is 5. The predicted molar refractivity (Wildman–Crippen MR) is 61.7 cm³/mol. The molecule has 0 aliphatic carbocycles. The van der Waals surface area contributed by atoms with Gasteiger partial charge in [-0.05, 0) is 6.42 Å². The Morgan fingerprint density at radius 3 is 2.93 bits per heavy atom. The Hall–Kier alpha value is -0.770. The average Bonchev–Trinajstić information content (AvgIpc) is 2.25. The maximum Gasteiger partial charge on any atom is 0.315 e. The molecular formula is C11H23N3O. The van der Waals surface area contributed by atoms with E-state index in [0.29, 0.717) is 6.04 Å². The Kier molecular flexibility index (Phi) is 5.47. The first-order valence-electron chi connectivity index (χ1n) is 6.02. The lowest BCUT2D eigenvalue weighted by atomic mass is 10.0. The van der Waals surface area contributed by atoms with Gasteiger partial charge in [-0.15, -0.1) is 0 Å². The fraction of sp³-hybridized carbons (Fsp3) is 0.909.